The van der Waals surface area contributed by atoms with Crippen LogP contribution in [-0.2, 0) is 13.6 Å². The molecule has 1 N–H and O–H groups in total. The second-order valence-electron chi connectivity index (χ2n) is 6.27. The number of hydrogen-bond acceptors (Lipinski definition) is 5. The highest BCUT2D eigenvalue weighted by molar-refractivity contribution is 5.64. The van der Waals surface area contributed by atoms with Crippen LogP contribution in [0.15, 0.2) is 54.7 Å². The van der Waals surface area contributed by atoms with E-state index in [9.17, 15) is 10.1 Å². The first-order valence-corrected chi connectivity index (χ1v) is 8.71. The van der Waals surface area contributed by atoms with Crippen molar-refractivity contribution in [2.75, 3.05) is 13.2 Å². The molecule has 0 atom stereocenters. The smallest absolute Gasteiger partial charge is 0.269 e. The van der Waals surface area contributed by atoms with Crippen LogP contribution in [0.2, 0.25) is 0 Å². The van der Waals surface area contributed by atoms with E-state index in [2.05, 4.69) is 10.4 Å². The van der Waals surface area contributed by atoms with Crippen molar-refractivity contribution in [2.45, 2.75) is 13.5 Å². The predicted molar refractivity (Wildman–Crippen MR) is 104 cm³/mol. The number of aromatic nitrogens is 2. The summed E-state index contributed by atoms with van der Waals surface area (Å²) in [5.41, 5.74) is 3.89. The van der Waals surface area contributed by atoms with Crippen molar-refractivity contribution < 1.29 is 9.66 Å². The van der Waals surface area contributed by atoms with Crippen molar-refractivity contribution in [3.8, 4) is 17.0 Å². The second-order valence-corrected chi connectivity index (χ2v) is 6.27. The maximum atomic E-state index is 10.8. The number of para-hydroxylation sites is 1. The standard InChI is InChI=1S/C20H22N4O3/c1-15-5-3-4-6-19(15)27-12-11-21-13-17-14-23(2)22-20(17)16-7-9-18(10-8-16)24(25)26/h3-10,14,21H,11-13H2,1-2H3. The molecule has 1 aromatic heterocycles. The van der Waals surface area contributed by atoms with Crippen LogP contribution in [-0.4, -0.2) is 27.9 Å². The van der Waals surface area contributed by atoms with Gasteiger partial charge in [-0.15, -0.1) is 0 Å². The van der Waals surface area contributed by atoms with Gasteiger partial charge in [-0.05, 0) is 30.7 Å². The van der Waals surface area contributed by atoms with E-state index in [1.165, 1.54) is 12.1 Å². The van der Waals surface area contributed by atoms with Crippen molar-refractivity contribution in [2.24, 2.45) is 7.05 Å². The molecular formula is C20H22N4O3. The molecule has 0 aliphatic rings. The molecule has 0 bridgehead atoms. The number of nitrogens with zero attached hydrogens (tertiary/aromatic N) is 3. The molecule has 0 spiro atoms. The fourth-order valence-corrected chi connectivity index (χ4v) is 2.83. The average molecular weight is 366 g/mol. The second kappa shape index (κ2) is 8.46. The van der Waals surface area contributed by atoms with Crippen LogP contribution in [0.25, 0.3) is 11.3 Å². The Morgan fingerprint density at radius 3 is 2.63 bits per heavy atom. The number of aryl methyl sites for hydroxylation is 2. The van der Waals surface area contributed by atoms with Crippen LogP contribution in [0, 0.1) is 17.0 Å². The monoisotopic (exact) mass is 366 g/mol. The summed E-state index contributed by atoms with van der Waals surface area (Å²) in [6, 6.07) is 14.4. The summed E-state index contributed by atoms with van der Waals surface area (Å²) in [7, 11) is 1.86. The van der Waals surface area contributed by atoms with Gasteiger partial charge in [-0.1, -0.05) is 18.2 Å². The molecule has 7 nitrogen and oxygen atoms in total. The van der Waals surface area contributed by atoms with Gasteiger partial charge >= 0.3 is 0 Å². The van der Waals surface area contributed by atoms with E-state index in [0.29, 0.717) is 19.7 Å². The van der Waals surface area contributed by atoms with Gasteiger partial charge in [-0.2, -0.15) is 5.10 Å². The van der Waals surface area contributed by atoms with Crippen molar-refractivity contribution in [3.05, 3.63) is 76.0 Å². The number of rotatable bonds is 8. The lowest BCUT2D eigenvalue weighted by molar-refractivity contribution is -0.384. The molecule has 0 aliphatic carbocycles. The highest BCUT2D eigenvalue weighted by Crippen LogP contribution is 2.24. The molecule has 3 rings (SSSR count). The molecule has 2 aromatic carbocycles. The lowest BCUT2D eigenvalue weighted by atomic mass is 10.1. The van der Waals surface area contributed by atoms with Crippen LogP contribution in [0.5, 0.6) is 5.75 Å². The van der Waals surface area contributed by atoms with Crippen LogP contribution in [0.1, 0.15) is 11.1 Å². The number of nitrogens with one attached hydrogen (secondary N) is 1. The predicted octanol–water partition coefficient (Wildman–Crippen LogP) is 3.47. The summed E-state index contributed by atoms with van der Waals surface area (Å²) < 4.78 is 7.53. The number of benzene rings is 2. The number of hydrogen-bond donors (Lipinski definition) is 1. The number of non-ortho nitro benzene ring substituents is 1. The van der Waals surface area contributed by atoms with Gasteiger partial charge in [0.2, 0.25) is 0 Å². The molecule has 3 aromatic rings. The topological polar surface area (TPSA) is 82.2 Å². The number of nitro benzene ring substituents is 1. The molecule has 0 fully saturated rings. The van der Waals surface area contributed by atoms with E-state index in [1.54, 1.807) is 16.8 Å². The minimum absolute atomic E-state index is 0.0720. The molecule has 140 valence electrons. The van der Waals surface area contributed by atoms with Gasteiger partial charge < -0.3 is 10.1 Å². The lowest BCUT2D eigenvalue weighted by Gasteiger charge is -2.09. The third-order valence-corrected chi connectivity index (χ3v) is 4.20. The molecule has 0 saturated carbocycles. The molecule has 0 amide bonds. The minimum Gasteiger partial charge on any atom is -0.492 e. The molecule has 1 heterocycles. The molecule has 0 saturated heterocycles. The summed E-state index contributed by atoms with van der Waals surface area (Å²) in [5.74, 6) is 0.896. The zero-order valence-corrected chi connectivity index (χ0v) is 15.4. The Morgan fingerprint density at radius 2 is 1.93 bits per heavy atom. The molecule has 27 heavy (non-hydrogen) atoms. The largest absolute Gasteiger partial charge is 0.492 e. The Labute approximate surface area is 157 Å². The van der Waals surface area contributed by atoms with Crippen LogP contribution in [0.3, 0.4) is 0 Å². The third-order valence-electron chi connectivity index (χ3n) is 4.20. The zero-order valence-electron chi connectivity index (χ0n) is 15.4. The highest BCUT2D eigenvalue weighted by atomic mass is 16.6. The van der Waals surface area contributed by atoms with E-state index < -0.39 is 4.92 Å². The van der Waals surface area contributed by atoms with Crippen molar-refractivity contribution >= 4 is 5.69 Å². The molecule has 0 radical (unpaired) electrons. The first kappa shape index (κ1) is 18.6. The van der Waals surface area contributed by atoms with Crippen LogP contribution < -0.4 is 10.1 Å². The van der Waals surface area contributed by atoms with Crippen molar-refractivity contribution in [3.63, 3.8) is 0 Å². The summed E-state index contributed by atoms with van der Waals surface area (Å²) in [5, 5.41) is 18.7. The Kier molecular flexibility index (Phi) is 5.83. The van der Waals surface area contributed by atoms with Gasteiger partial charge in [0.15, 0.2) is 0 Å². The fourth-order valence-electron chi connectivity index (χ4n) is 2.83. The summed E-state index contributed by atoms with van der Waals surface area (Å²) in [4.78, 5) is 10.4. The van der Waals surface area contributed by atoms with Gasteiger partial charge in [0.05, 0.1) is 10.6 Å². The molecule has 7 heteroatoms. The molecule has 0 unspecified atom stereocenters. The molecule has 0 aliphatic heterocycles. The van der Waals surface area contributed by atoms with Crippen LogP contribution >= 0.6 is 0 Å². The Bertz CT molecular complexity index is 919. The minimum atomic E-state index is -0.404. The summed E-state index contributed by atoms with van der Waals surface area (Å²) in [6.07, 6.45) is 1.95. The maximum absolute atomic E-state index is 10.8. The molecular weight excluding hydrogens is 344 g/mol. The van der Waals surface area contributed by atoms with Crippen molar-refractivity contribution in [1.29, 1.82) is 0 Å². The zero-order chi connectivity index (χ0) is 19.2. The Morgan fingerprint density at radius 1 is 1.19 bits per heavy atom. The van der Waals surface area contributed by atoms with E-state index in [1.807, 2.05) is 44.4 Å². The first-order chi connectivity index (χ1) is 13.0. The summed E-state index contributed by atoms with van der Waals surface area (Å²) in [6.45, 7) is 3.92. The van der Waals surface area contributed by atoms with Gasteiger partial charge in [-0.25, -0.2) is 0 Å². The highest BCUT2D eigenvalue weighted by Gasteiger charge is 2.12. The Hall–Kier alpha value is -3.19. The number of ether oxygens (including phenoxy) is 1. The van der Waals surface area contributed by atoms with E-state index in [4.69, 9.17) is 4.74 Å². The van der Waals surface area contributed by atoms with Gasteiger partial charge in [-0.3, -0.25) is 14.8 Å². The van der Waals surface area contributed by atoms with E-state index in [0.717, 1.165) is 28.1 Å². The maximum Gasteiger partial charge on any atom is 0.269 e. The van der Waals surface area contributed by atoms with Gasteiger partial charge in [0.25, 0.3) is 5.69 Å². The summed E-state index contributed by atoms with van der Waals surface area (Å²) >= 11 is 0. The first-order valence-electron chi connectivity index (χ1n) is 8.71. The third kappa shape index (κ3) is 4.71. The van der Waals surface area contributed by atoms with E-state index >= 15 is 0 Å². The van der Waals surface area contributed by atoms with Crippen molar-refractivity contribution in [1.82, 2.24) is 15.1 Å². The SMILES string of the molecule is Cc1ccccc1OCCNCc1cn(C)nc1-c1ccc([N+](=O)[O-])cc1. The normalized spacial score (nSPS) is 10.7. The lowest BCUT2D eigenvalue weighted by Crippen LogP contribution is -2.20. The van der Waals surface area contributed by atoms with Gasteiger partial charge in [0.1, 0.15) is 12.4 Å². The van der Waals surface area contributed by atoms with Crippen LogP contribution in [0.4, 0.5) is 5.69 Å². The number of nitro groups is 1. The Balaban J connectivity index is 1.58. The van der Waals surface area contributed by atoms with Gasteiger partial charge in [0, 0.05) is 49.6 Å². The fraction of sp³-hybridized carbons (Fsp3) is 0.250. The average Bonchev–Trinajstić information content (AvgIpc) is 3.03. The van der Waals surface area contributed by atoms with E-state index in [-0.39, 0.29) is 5.69 Å². The quantitative estimate of drug-likeness (QED) is 0.375.